The van der Waals surface area contributed by atoms with Crippen LogP contribution in [0.2, 0.25) is 0 Å². The number of ketones is 1. The second-order valence-corrected chi connectivity index (χ2v) is 8.17. The Hall–Kier alpha value is -2.14. The van der Waals surface area contributed by atoms with Gasteiger partial charge in [-0.15, -0.1) is 5.06 Å². The van der Waals surface area contributed by atoms with Gasteiger partial charge in [0.05, 0.1) is 0 Å². The maximum Gasteiger partial charge on any atom is 0.226 e. The Balaban J connectivity index is 1.31. The predicted octanol–water partition coefficient (Wildman–Crippen LogP) is 3.84. The van der Waals surface area contributed by atoms with Crippen molar-refractivity contribution >= 4 is 17.3 Å². The molecule has 4 rings (SSSR count). The van der Waals surface area contributed by atoms with Gasteiger partial charge in [-0.25, -0.2) is 0 Å². The minimum atomic E-state index is 0.0682. The number of amides is 1. The molecule has 0 saturated carbocycles. The number of nitrogens with zero attached hydrogens (tertiary/aromatic N) is 2. The van der Waals surface area contributed by atoms with E-state index in [4.69, 9.17) is 4.84 Å². The largest absolute Gasteiger partial charge is 0.406 e. The number of rotatable bonds is 4. The van der Waals surface area contributed by atoms with Crippen molar-refractivity contribution in [1.29, 1.82) is 0 Å². The zero-order valence-electron chi connectivity index (χ0n) is 16.6. The number of piperidine rings is 2. The maximum atomic E-state index is 12.7. The van der Waals surface area contributed by atoms with Crippen LogP contribution >= 0.6 is 0 Å². The third kappa shape index (κ3) is 4.64. The maximum absolute atomic E-state index is 12.7. The van der Waals surface area contributed by atoms with Crippen LogP contribution in [0.25, 0.3) is 5.57 Å². The minimum Gasteiger partial charge on any atom is -0.406 e. The molecule has 1 aromatic rings. The highest BCUT2D eigenvalue weighted by atomic mass is 16.7. The molecule has 2 heterocycles. The molecule has 2 saturated heterocycles. The molecule has 5 nitrogen and oxygen atoms in total. The van der Waals surface area contributed by atoms with Crippen LogP contribution in [0.15, 0.2) is 30.3 Å². The third-order valence-electron chi connectivity index (χ3n) is 6.17. The predicted molar refractivity (Wildman–Crippen MR) is 109 cm³/mol. The standard InChI is InChI=1S/C23H30N2O3/c26-21-12-16-24(17-13-21)23(27)20-6-4-18(5-7-20)19-8-10-22(11-9-19)28-25-14-2-1-3-15-25/h4,8-11,20H,1-3,5-7,12-17H2. The van der Waals surface area contributed by atoms with Crippen molar-refractivity contribution in [3.8, 4) is 5.75 Å². The van der Waals surface area contributed by atoms with Gasteiger partial charge in [0.15, 0.2) is 0 Å². The molecule has 0 spiro atoms. The van der Waals surface area contributed by atoms with Gasteiger partial charge in [-0.05, 0) is 55.4 Å². The molecular weight excluding hydrogens is 352 g/mol. The summed E-state index contributed by atoms with van der Waals surface area (Å²) in [6.07, 6.45) is 9.59. The SMILES string of the molecule is O=C1CCN(C(=O)C2CC=C(c3ccc(ON4CCCCC4)cc3)CC2)CC1. The molecule has 2 fully saturated rings. The lowest BCUT2D eigenvalue weighted by Crippen LogP contribution is -2.42. The van der Waals surface area contributed by atoms with Crippen LogP contribution in [0.1, 0.15) is 56.9 Å². The molecule has 0 N–H and O–H groups in total. The van der Waals surface area contributed by atoms with Crippen molar-refractivity contribution in [3.63, 3.8) is 0 Å². The van der Waals surface area contributed by atoms with Gasteiger partial charge >= 0.3 is 0 Å². The molecule has 1 amide bonds. The normalized spacial score (nSPS) is 24.0. The summed E-state index contributed by atoms with van der Waals surface area (Å²) in [6, 6.07) is 8.35. The lowest BCUT2D eigenvalue weighted by molar-refractivity contribution is -0.138. The summed E-state index contributed by atoms with van der Waals surface area (Å²) in [5, 5.41) is 2.06. The molecule has 150 valence electrons. The summed E-state index contributed by atoms with van der Waals surface area (Å²) in [6.45, 7) is 3.22. The molecular formula is C23H30N2O3. The number of carbonyl (C=O) groups excluding carboxylic acids is 2. The Morgan fingerprint density at radius 1 is 0.929 bits per heavy atom. The molecule has 3 aliphatic rings. The lowest BCUT2D eigenvalue weighted by Gasteiger charge is -2.31. The molecule has 0 aromatic heterocycles. The number of likely N-dealkylation sites (tertiary alicyclic amines) is 1. The lowest BCUT2D eigenvalue weighted by atomic mass is 9.85. The number of benzene rings is 1. The van der Waals surface area contributed by atoms with Crippen LogP contribution in [0.4, 0.5) is 0 Å². The molecule has 28 heavy (non-hydrogen) atoms. The van der Waals surface area contributed by atoms with Crippen molar-refractivity contribution < 1.29 is 14.4 Å². The van der Waals surface area contributed by atoms with Gasteiger partial charge in [-0.1, -0.05) is 24.6 Å². The Morgan fingerprint density at radius 2 is 1.64 bits per heavy atom. The highest BCUT2D eigenvalue weighted by Crippen LogP contribution is 2.32. The van der Waals surface area contributed by atoms with E-state index in [1.807, 2.05) is 17.0 Å². The van der Waals surface area contributed by atoms with Gasteiger partial charge in [0.1, 0.15) is 11.5 Å². The van der Waals surface area contributed by atoms with E-state index in [0.717, 1.165) is 38.1 Å². The van der Waals surface area contributed by atoms with Crippen molar-refractivity contribution in [2.75, 3.05) is 26.2 Å². The summed E-state index contributed by atoms with van der Waals surface area (Å²) < 4.78 is 0. The summed E-state index contributed by atoms with van der Waals surface area (Å²) in [7, 11) is 0. The quantitative estimate of drug-likeness (QED) is 0.794. The van der Waals surface area contributed by atoms with E-state index in [0.29, 0.717) is 25.9 Å². The molecule has 1 atom stereocenters. The fourth-order valence-corrected chi connectivity index (χ4v) is 4.39. The molecule has 0 radical (unpaired) electrons. The minimum absolute atomic E-state index is 0.0682. The van der Waals surface area contributed by atoms with Gasteiger partial charge in [0.25, 0.3) is 0 Å². The highest BCUT2D eigenvalue weighted by molar-refractivity contribution is 5.85. The molecule has 5 heteroatoms. The van der Waals surface area contributed by atoms with Crippen molar-refractivity contribution in [2.24, 2.45) is 5.92 Å². The van der Waals surface area contributed by atoms with Gasteiger partial charge < -0.3 is 9.74 Å². The first-order valence-corrected chi connectivity index (χ1v) is 10.7. The molecule has 1 aliphatic carbocycles. The van der Waals surface area contributed by atoms with Crippen LogP contribution in [0, 0.1) is 5.92 Å². The number of hydrogen-bond donors (Lipinski definition) is 0. The van der Waals surface area contributed by atoms with Crippen LogP contribution in [0.5, 0.6) is 5.75 Å². The van der Waals surface area contributed by atoms with Gasteiger partial charge in [-0.2, -0.15) is 0 Å². The second kappa shape index (κ2) is 8.91. The van der Waals surface area contributed by atoms with E-state index in [1.165, 1.54) is 30.4 Å². The average Bonchev–Trinajstić information content (AvgIpc) is 2.75. The Bertz CT molecular complexity index is 725. The van der Waals surface area contributed by atoms with Crippen molar-refractivity contribution in [1.82, 2.24) is 9.96 Å². The van der Waals surface area contributed by atoms with Gasteiger partial charge in [-0.3, -0.25) is 9.59 Å². The Kier molecular flexibility index (Phi) is 6.10. The van der Waals surface area contributed by atoms with Crippen LogP contribution in [-0.2, 0) is 9.59 Å². The zero-order chi connectivity index (χ0) is 19.3. The van der Waals surface area contributed by atoms with Crippen LogP contribution in [-0.4, -0.2) is 47.8 Å². The number of carbonyl (C=O) groups is 2. The third-order valence-corrected chi connectivity index (χ3v) is 6.17. The van der Waals surface area contributed by atoms with E-state index in [9.17, 15) is 9.59 Å². The Morgan fingerprint density at radius 3 is 2.29 bits per heavy atom. The van der Waals surface area contributed by atoms with Gasteiger partial charge in [0, 0.05) is 44.9 Å². The number of hydrogen-bond acceptors (Lipinski definition) is 4. The van der Waals surface area contributed by atoms with E-state index in [2.05, 4.69) is 23.3 Å². The molecule has 2 aliphatic heterocycles. The first-order valence-electron chi connectivity index (χ1n) is 10.7. The monoisotopic (exact) mass is 382 g/mol. The molecule has 1 aromatic carbocycles. The van der Waals surface area contributed by atoms with E-state index in [-0.39, 0.29) is 17.6 Å². The first kappa shape index (κ1) is 19.2. The second-order valence-electron chi connectivity index (χ2n) is 8.17. The molecule has 0 bridgehead atoms. The van der Waals surface area contributed by atoms with E-state index < -0.39 is 0 Å². The fraction of sp³-hybridized carbons (Fsp3) is 0.565. The highest BCUT2D eigenvalue weighted by Gasteiger charge is 2.28. The van der Waals surface area contributed by atoms with Gasteiger partial charge in [0.2, 0.25) is 5.91 Å². The van der Waals surface area contributed by atoms with E-state index in [1.54, 1.807) is 0 Å². The summed E-state index contributed by atoms with van der Waals surface area (Å²) >= 11 is 0. The smallest absolute Gasteiger partial charge is 0.226 e. The number of Topliss-reactive ketones (excluding diaryl/α,β-unsaturated/α-hetero) is 1. The first-order chi connectivity index (χ1) is 13.7. The van der Waals surface area contributed by atoms with Crippen molar-refractivity contribution in [3.05, 3.63) is 35.9 Å². The van der Waals surface area contributed by atoms with E-state index >= 15 is 0 Å². The fourth-order valence-electron chi connectivity index (χ4n) is 4.39. The zero-order valence-corrected chi connectivity index (χ0v) is 16.6. The topological polar surface area (TPSA) is 49.9 Å². The average molecular weight is 383 g/mol. The summed E-state index contributed by atoms with van der Waals surface area (Å²) in [5.74, 6) is 1.48. The summed E-state index contributed by atoms with van der Waals surface area (Å²) in [5.41, 5.74) is 2.54. The number of allylic oxidation sites excluding steroid dienone is 2. The Labute approximate surface area is 167 Å². The summed E-state index contributed by atoms with van der Waals surface area (Å²) in [4.78, 5) is 31.9. The molecule has 1 unspecified atom stereocenters. The van der Waals surface area contributed by atoms with Crippen molar-refractivity contribution in [2.45, 2.75) is 51.4 Å². The van der Waals surface area contributed by atoms with Crippen LogP contribution in [0.3, 0.4) is 0 Å². The number of hydroxylamine groups is 2. The van der Waals surface area contributed by atoms with Crippen LogP contribution < -0.4 is 4.84 Å².